The molecule has 0 bridgehead atoms. The standard InChI is InChI=1S/C27H40N2O2/c1-16-12-28-29(13-16)14-24(30)26-23-11-22(23)25-21-7-5-18-10-17(15-31-3)4-6-19(18)20(21)8-9-27(25,26)2/h12-13,17-23,25-26H,4-11,14-15H2,1-3H3. The molecule has 0 aromatic carbocycles. The van der Waals surface area contributed by atoms with Crippen molar-refractivity contribution in [1.82, 2.24) is 9.78 Å². The Morgan fingerprint density at radius 3 is 2.71 bits per heavy atom. The molecule has 31 heavy (non-hydrogen) atoms. The number of carbonyl (C=O) groups is 1. The third kappa shape index (κ3) is 3.18. The van der Waals surface area contributed by atoms with Crippen LogP contribution in [-0.4, -0.2) is 29.3 Å². The lowest BCUT2D eigenvalue weighted by atomic mass is 9.48. The van der Waals surface area contributed by atoms with Gasteiger partial charge in [0.25, 0.3) is 0 Å². The molecule has 0 saturated heterocycles. The number of methoxy groups -OCH3 is 1. The Morgan fingerprint density at radius 2 is 1.94 bits per heavy atom. The van der Waals surface area contributed by atoms with E-state index in [2.05, 4.69) is 18.9 Å². The first kappa shape index (κ1) is 20.4. The third-order valence-electron chi connectivity index (χ3n) is 10.7. The van der Waals surface area contributed by atoms with E-state index in [0.29, 0.717) is 18.2 Å². The minimum Gasteiger partial charge on any atom is -0.384 e. The molecule has 4 heteroatoms. The zero-order chi connectivity index (χ0) is 21.3. The molecule has 4 nitrogen and oxygen atoms in total. The summed E-state index contributed by atoms with van der Waals surface area (Å²) in [4.78, 5) is 13.5. The molecule has 5 saturated carbocycles. The number of hydrogen-bond acceptors (Lipinski definition) is 3. The van der Waals surface area contributed by atoms with E-state index in [1.807, 2.05) is 24.2 Å². The highest BCUT2D eigenvalue weighted by atomic mass is 16.5. The fourth-order valence-electron chi connectivity index (χ4n) is 9.72. The van der Waals surface area contributed by atoms with E-state index in [0.717, 1.165) is 53.6 Å². The topological polar surface area (TPSA) is 44.1 Å². The summed E-state index contributed by atoms with van der Waals surface area (Å²) >= 11 is 0. The molecule has 6 rings (SSSR count). The summed E-state index contributed by atoms with van der Waals surface area (Å²) in [5.41, 5.74) is 1.39. The van der Waals surface area contributed by atoms with Crippen LogP contribution in [0.5, 0.6) is 0 Å². The summed E-state index contributed by atoms with van der Waals surface area (Å²) in [7, 11) is 1.86. The van der Waals surface area contributed by atoms with E-state index in [1.165, 1.54) is 51.4 Å². The van der Waals surface area contributed by atoms with Gasteiger partial charge in [-0.2, -0.15) is 5.10 Å². The lowest BCUT2D eigenvalue weighted by Gasteiger charge is -2.57. The number of Topliss-reactive ketones (excluding diaryl/α,β-unsaturated/α-hetero) is 1. The van der Waals surface area contributed by atoms with Crippen LogP contribution < -0.4 is 0 Å². The molecule has 1 aromatic heterocycles. The molecule has 5 aliphatic rings. The van der Waals surface area contributed by atoms with Gasteiger partial charge in [0.1, 0.15) is 0 Å². The molecule has 0 aliphatic heterocycles. The largest absolute Gasteiger partial charge is 0.384 e. The molecule has 0 amide bonds. The van der Waals surface area contributed by atoms with Crippen molar-refractivity contribution in [3.05, 3.63) is 18.0 Å². The van der Waals surface area contributed by atoms with Gasteiger partial charge in [0.2, 0.25) is 0 Å². The number of nitrogens with zero attached hydrogens (tertiary/aromatic N) is 2. The van der Waals surface area contributed by atoms with Crippen LogP contribution in [0.15, 0.2) is 12.4 Å². The van der Waals surface area contributed by atoms with Crippen molar-refractivity contribution in [3.63, 3.8) is 0 Å². The molecule has 0 N–H and O–H groups in total. The first-order valence-corrected chi connectivity index (χ1v) is 13.0. The van der Waals surface area contributed by atoms with Crippen molar-refractivity contribution in [2.24, 2.45) is 58.7 Å². The zero-order valence-electron chi connectivity index (χ0n) is 19.6. The molecule has 0 spiro atoms. The molecule has 10 unspecified atom stereocenters. The number of aryl methyl sites for hydroxylation is 1. The van der Waals surface area contributed by atoms with Crippen LogP contribution >= 0.6 is 0 Å². The van der Waals surface area contributed by atoms with Gasteiger partial charge < -0.3 is 4.74 Å². The van der Waals surface area contributed by atoms with Gasteiger partial charge in [-0.1, -0.05) is 6.92 Å². The maximum Gasteiger partial charge on any atom is 0.158 e. The second kappa shape index (κ2) is 7.43. The maximum absolute atomic E-state index is 13.5. The average molecular weight is 425 g/mol. The van der Waals surface area contributed by atoms with Crippen molar-refractivity contribution in [1.29, 1.82) is 0 Å². The van der Waals surface area contributed by atoms with Crippen molar-refractivity contribution in [2.75, 3.05) is 13.7 Å². The highest BCUT2D eigenvalue weighted by molar-refractivity contribution is 5.83. The molecule has 5 aliphatic carbocycles. The van der Waals surface area contributed by atoms with E-state index in [4.69, 9.17) is 4.74 Å². The minimum absolute atomic E-state index is 0.244. The fourth-order valence-corrected chi connectivity index (χ4v) is 9.72. The Morgan fingerprint density at radius 1 is 1.10 bits per heavy atom. The quantitative estimate of drug-likeness (QED) is 0.657. The second-order valence-electron chi connectivity index (χ2n) is 12.3. The van der Waals surface area contributed by atoms with Gasteiger partial charge in [-0.05, 0) is 117 Å². The van der Waals surface area contributed by atoms with Crippen LogP contribution in [0.1, 0.15) is 63.9 Å². The fraction of sp³-hybridized carbons (Fsp3) is 0.852. The number of fused-ring (bicyclic) bond motifs is 7. The van der Waals surface area contributed by atoms with Crippen molar-refractivity contribution in [2.45, 2.75) is 71.8 Å². The molecule has 1 heterocycles. The van der Waals surface area contributed by atoms with Gasteiger partial charge in [-0.15, -0.1) is 0 Å². The molecule has 0 radical (unpaired) electrons. The number of carbonyl (C=O) groups excluding carboxylic acids is 1. The maximum atomic E-state index is 13.5. The van der Waals surface area contributed by atoms with Crippen LogP contribution in [0.25, 0.3) is 0 Å². The monoisotopic (exact) mass is 424 g/mol. The minimum atomic E-state index is 0.244. The Hall–Kier alpha value is -1.16. The average Bonchev–Trinajstić information content (AvgIpc) is 3.29. The highest BCUT2D eigenvalue weighted by Crippen LogP contribution is 2.74. The number of ketones is 1. The van der Waals surface area contributed by atoms with Crippen LogP contribution in [0.4, 0.5) is 0 Å². The van der Waals surface area contributed by atoms with Crippen LogP contribution in [-0.2, 0) is 16.1 Å². The summed E-state index contributed by atoms with van der Waals surface area (Å²) in [5, 5.41) is 4.41. The molecule has 10 atom stereocenters. The van der Waals surface area contributed by atoms with Gasteiger partial charge in [0.15, 0.2) is 5.78 Å². The van der Waals surface area contributed by atoms with Gasteiger partial charge in [0.05, 0.1) is 12.7 Å². The van der Waals surface area contributed by atoms with Gasteiger partial charge >= 0.3 is 0 Å². The van der Waals surface area contributed by atoms with Crippen molar-refractivity contribution in [3.8, 4) is 0 Å². The summed E-state index contributed by atoms with van der Waals surface area (Å²) < 4.78 is 7.37. The smallest absolute Gasteiger partial charge is 0.158 e. The molecular weight excluding hydrogens is 384 g/mol. The van der Waals surface area contributed by atoms with Gasteiger partial charge in [0, 0.05) is 25.8 Å². The van der Waals surface area contributed by atoms with Crippen LogP contribution in [0, 0.1) is 65.6 Å². The van der Waals surface area contributed by atoms with E-state index in [-0.39, 0.29) is 11.3 Å². The van der Waals surface area contributed by atoms with Gasteiger partial charge in [-0.25, -0.2) is 0 Å². The predicted octanol–water partition coefficient (Wildman–Crippen LogP) is 5.15. The van der Waals surface area contributed by atoms with Gasteiger partial charge in [-0.3, -0.25) is 9.48 Å². The summed E-state index contributed by atoms with van der Waals surface area (Å²) in [6.07, 6.45) is 14.9. The molecule has 170 valence electrons. The number of aromatic nitrogens is 2. The number of ether oxygens (including phenoxy) is 1. The third-order valence-corrected chi connectivity index (χ3v) is 10.7. The summed E-state index contributed by atoms with van der Waals surface area (Å²) in [6.45, 7) is 6.00. The second-order valence-corrected chi connectivity index (χ2v) is 12.3. The van der Waals surface area contributed by atoms with E-state index >= 15 is 0 Å². The first-order chi connectivity index (χ1) is 15.0. The number of hydrogen-bond donors (Lipinski definition) is 0. The van der Waals surface area contributed by atoms with E-state index in [1.54, 1.807) is 0 Å². The van der Waals surface area contributed by atoms with Crippen LogP contribution in [0.3, 0.4) is 0 Å². The lowest BCUT2D eigenvalue weighted by Crippen LogP contribution is -2.51. The van der Waals surface area contributed by atoms with Crippen molar-refractivity contribution < 1.29 is 9.53 Å². The van der Waals surface area contributed by atoms with Crippen LogP contribution in [0.2, 0.25) is 0 Å². The van der Waals surface area contributed by atoms with E-state index < -0.39 is 0 Å². The first-order valence-electron chi connectivity index (χ1n) is 13.0. The Labute approximate surface area is 187 Å². The highest BCUT2D eigenvalue weighted by Gasteiger charge is 2.70. The molecule has 5 fully saturated rings. The SMILES string of the molecule is COCC1CCC2C(CCC3C2CCC2(C)C(C(=O)Cn4cc(C)cn4)C4CC4C32)C1. The van der Waals surface area contributed by atoms with E-state index in [9.17, 15) is 4.79 Å². The molecular formula is C27H40N2O2. The normalized spacial score (nSPS) is 47.8. The van der Waals surface area contributed by atoms with Crippen molar-refractivity contribution >= 4 is 5.78 Å². The zero-order valence-corrected chi connectivity index (χ0v) is 19.6. The summed E-state index contributed by atoms with van der Waals surface area (Å²) in [5.74, 6) is 7.58. The number of rotatable bonds is 5. The Balaban J connectivity index is 1.20. The lowest BCUT2D eigenvalue weighted by molar-refractivity contribution is -0.134. The Kier molecular flexibility index (Phi) is 4.90. The summed E-state index contributed by atoms with van der Waals surface area (Å²) in [6, 6.07) is 0. The molecule has 1 aromatic rings. The predicted molar refractivity (Wildman–Crippen MR) is 120 cm³/mol. The Bertz CT molecular complexity index is 848.